The third-order valence-corrected chi connectivity index (χ3v) is 6.03. The van der Waals surface area contributed by atoms with Crippen LogP contribution in [0.4, 0.5) is 0 Å². The fraction of sp³-hybridized carbons (Fsp3) is 0.360. The molecule has 1 fully saturated rings. The molecule has 2 heterocycles. The molecule has 0 aliphatic carbocycles. The standard InChI is InChI=1S/C25H27N3O4/c1-16-12-14-27(15-13-16)23(29)17(2)32-25(31)19-8-10-20(11-9-19)28-18(3)26-22-7-5-4-6-21(22)24(28)30/h4-11,16-17H,12-15H2,1-3H3. The number of nitrogens with zero attached hydrogens (tertiary/aromatic N) is 3. The van der Waals surface area contributed by atoms with Crippen molar-refractivity contribution in [3.8, 4) is 5.69 Å². The van der Waals surface area contributed by atoms with Gasteiger partial charge in [0.1, 0.15) is 5.82 Å². The minimum Gasteiger partial charge on any atom is -0.449 e. The van der Waals surface area contributed by atoms with Gasteiger partial charge in [0.25, 0.3) is 11.5 Å². The van der Waals surface area contributed by atoms with E-state index in [1.165, 1.54) is 4.57 Å². The molecule has 4 rings (SSSR count). The van der Waals surface area contributed by atoms with Gasteiger partial charge < -0.3 is 9.64 Å². The van der Waals surface area contributed by atoms with E-state index in [0.29, 0.717) is 47.0 Å². The van der Waals surface area contributed by atoms with Crippen LogP contribution in [0.2, 0.25) is 0 Å². The van der Waals surface area contributed by atoms with Gasteiger partial charge in [-0.3, -0.25) is 14.2 Å². The van der Waals surface area contributed by atoms with E-state index in [4.69, 9.17) is 4.74 Å². The van der Waals surface area contributed by atoms with Crippen molar-refractivity contribution in [2.45, 2.75) is 39.7 Å². The molecule has 2 aromatic carbocycles. The molecule has 32 heavy (non-hydrogen) atoms. The van der Waals surface area contributed by atoms with Crippen molar-refractivity contribution in [3.05, 3.63) is 70.3 Å². The van der Waals surface area contributed by atoms with Crippen LogP contribution in [0.25, 0.3) is 16.6 Å². The Hall–Kier alpha value is -3.48. The monoisotopic (exact) mass is 433 g/mol. The number of fused-ring (bicyclic) bond motifs is 1. The topological polar surface area (TPSA) is 81.5 Å². The summed E-state index contributed by atoms with van der Waals surface area (Å²) in [5, 5.41) is 0.529. The minimum atomic E-state index is -0.842. The van der Waals surface area contributed by atoms with Crippen molar-refractivity contribution in [1.29, 1.82) is 0 Å². The molecule has 166 valence electrons. The highest BCUT2D eigenvalue weighted by Gasteiger charge is 2.27. The van der Waals surface area contributed by atoms with Crippen LogP contribution in [0, 0.1) is 12.8 Å². The number of carbonyl (C=O) groups excluding carboxylic acids is 2. The van der Waals surface area contributed by atoms with Crippen molar-refractivity contribution in [2.75, 3.05) is 13.1 Å². The third kappa shape index (κ3) is 4.28. The number of benzene rings is 2. The van der Waals surface area contributed by atoms with Crippen LogP contribution < -0.4 is 5.56 Å². The zero-order valence-electron chi connectivity index (χ0n) is 18.6. The molecule has 0 bridgehead atoms. The summed E-state index contributed by atoms with van der Waals surface area (Å²) in [5.41, 5.74) is 1.40. The van der Waals surface area contributed by atoms with Gasteiger partial charge in [0.2, 0.25) is 0 Å². The lowest BCUT2D eigenvalue weighted by Crippen LogP contribution is -2.44. The van der Waals surface area contributed by atoms with E-state index in [0.717, 1.165) is 12.8 Å². The highest BCUT2D eigenvalue weighted by atomic mass is 16.5. The number of likely N-dealkylation sites (tertiary alicyclic amines) is 1. The average Bonchev–Trinajstić information content (AvgIpc) is 2.79. The van der Waals surface area contributed by atoms with Crippen molar-refractivity contribution in [1.82, 2.24) is 14.5 Å². The maximum absolute atomic E-state index is 12.9. The first-order valence-electron chi connectivity index (χ1n) is 10.9. The summed E-state index contributed by atoms with van der Waals surface area (Å²) >= 11 is 0. The summed E-state index contributed by atoms with van der Waals surface area (Å²) in [4.78, 5) is 44.4. The fourth-order valence-corrected chi connectivity index (χ4v) is 4.06. The van der Waals surface area contributed by atoms with Gasteiger partial charge in [0, 0.05) is 13.1 Å². The van der Waals surface area contributed by atoms with E-state index in [2.05, 4.69) is 11.9 Å². The first-order valence-corrected chi connectivity index (χ1v) is 10.9. The molecule has 0 radical (unpaired) electrons. The number of amides is 1. The molecular weight excluding hydrogens is 406 g/mol. The van der Waals surface area contributed by atoms with Crippen LogP contribution in [-0.2, 0) is 9.53 Å². The largest absolute Gasteiger partial charge is 0.449 e. The zero-order chi connectivity index (χ0) is 22.8. The van der Waals surface area contributed by atoms with Gasteiger partial charge in [0.15, 0.2) is 6.10 Å². The molecule has 1 atom stereocenters. The Morgan fingerprint density at radius 2 is 1.72 bits per heavy atom. The summed E-state index contributed by atoms with van der Waals surface area (Å²) in [6, 6.07) is 13.7. The number of hydrogen-bond acceptors (Lipinski definition) is 5. The summed E-state index contributed by atoms with van der Waals surface area (Å²) < 4.78 is 6.93. The molecule has 1 unspecified atom stereocenters. The zero-order valence-corrected chi connectivity index (χ0v) is 18.6. The van der Waals surface area contributed by atoms with Gasteiger partial charge in [-0.05, 0) is 69.0 Å². The Kier molecular flexibility index (Phi) is 6.08. The Balaban J connectivity index is 1.49. The van der Waals surface area contributed by atoms with Gasteiger partial charge in [-0.25, -0.2) is 9.78 Å². The summed E-state index contributed by atoms with van der Waals surface area (Å²) in [5.74, 6) is 0.443. The van der Waals surface area contributed by atoms with Crippen molar-refractivity contribution in [2.24, 2.45) is 5.92 Å². The number of aryl methyl sites for hydroxylation is 1. The maximum atomic E-state index is 12.9. The van der Waals surface area contributed by atoms with Crippen molar-refractivity contribution >= 4 is 22.8 Å². The lowest BCUT2D eigenvalue weighted by molar-refractivity contribution is -0.141. The predicted molar refractivity (Wildman–Crippen MR) is 122 cm³/mol. The van der Waals surface area contributed by atoms with Gasteiger partial charge in [-0.1, -0.05) is 19.1 Å². The fourth-order valence-electron chi connectivity index (χ4n) is 4.06. The SMILES string of the molecule is Cc1nc2ccccc2c(=O)n1-c1ccc(C(=O)OC(C)C(=O)N2CCC(C)CC2)cc1. The Labute approximate surface area is 186 Å². The van der Waals surface area contributed by atoms with Gasteiger partial charge in [-0.15, -0.1) is 0 Å². The second-order valence-electron chi connectivity index (χ2n) is 8.42. The number of ether oxygens (including phenoxy) is 1. The van der Waals surface area contributed by atoms with Crippen LogP contribution in [-0.4, -0.2) is 45.5 Å². The predicted octanol–water partition coefficient (Wildman–Crippen LogP) is 3.50. The van der Waals surface area contributed by atoms with E-state index in [1.54, 1.807) is 61.2 Å². The van der Waals surface area contributed by atoms with Crippen LogP contribution in [0.15, 0.2) is 53.3 Å². The van der Waals surface area contributed by atoms with Crippen LogP contribution >= 0.6 is 0 Å². The normalized spacial score (nSPS) is 15.5. The quantitative estimate of drug-likeness (QED) is 0.588. The molecule has 1 aliphatic heterocycles. The smallest absolute Gasteiger partial charge is 0.338 e. The molecular formula is C25H27N3O4. The second-order valence-corrected chi connectivity index (χ2v) is 8.42. The number of esters is 1. The van der Waals surface area contributed by atoms with Crippen LogP contribution in [0.3, 0.4) is 0 Å². The molecule has 1 aromatic heterocycles. The molecule has 0 N–H and O–H groups in total. The lowest BCUT2D eigenvalue weighted by Gasteiger charge is -2.31. The summed E-state index contributed by atoms with van der Waals surface area (Å²) in [6.45, 7) is 6.95. The number of carbonyl (C=O) groups is 2. The number of piperidine rings is 1. The minimum absolute atomic E-state index is 0.161. The van der Waals surface area contributed by atoms with Crippen LogP contribution in [0.5, 0.6) is 0 Å². The number of rotatable bonds is 4. The number of para-hydroxylation sites is 1. The highest BCUT2D eigenvalue weighted by Crippen LogP contribution is 2.18. The molecule has 1 aliphatic rings. The van der Waals surface area contributed by atoms with Crippen molar-refractivity contribution in [3.63, 3.8) is 0 Å². The first-order chi connectivity index (χ1) is 15.3. The molecule has 7 nitrogen and oxygen atoms in total. The summed E-state index contributed by atoms with van der Waals surface area (Å²) in [7, 11) is 0. The maximum Gasteiger partial charge on any atom is 0.338 e. The van der Waals surface area contributed by atoms with E-state index in [9.17, 15) is 14.4 Å². The third-order valence-electron chi connectivity index (χ3n) is 6.03. The van der Waals surface area contributed by atoms with Gasteiger partial charge in [0.05, 0.1) is 22.2 Å². The van der Waals surface area contributed by atoms with Gasteiger partial charge >= 0.3 is 5.97 Å². The van der Waals surface area contributed by atoms with Crippen LogP contribution in [0.1, 0.15) is 42.9 Å². The molecule has 7 heteroatoms. The molecule has 3 aromatic rings. The average molecular weight is 434 g/mol. The first kappa shape index (κ1) is 21.7. The highest BCUT2D eigenvalue weighted by molar-refractivity contribution is 5.92. The van der Waals surface area contributed by atoms with Crippen molar-refractivity contribution < 1.29 is 14.3 Å². The molecule has 1 amide bonds. The van der Waals surface area contributed by atoms with E-state index < -0.39 is 12.1 Å². The number of hydrogen-bond donors (Lipinski definition) is 0. The van der Waals surface area contributed by atoms with Gasteiger partial charge in [-0.2, -0.15) is 0 Å². The second kappa shape index (κ2) is 8.94. The van der Waals surface area contributed by atoms with E-state index >= 15 is 0 Å². The molecule has 0 spiro atoms. The summed E-state index contributed by atoms with van der Waals surface area (Å²) in [6.07, 6.45) is 1.09. The Morgan fingerprint density at radius 1 is 1.06 bits per heavy atom. The lowest BCUT2D eigenvalue weighted by atomic mass is 9.99. The Morgan fingerprint density at radius 3 is 2.41 bits per heavy atom. The number of aromatic nitrogens is 2. The van der Waals surface area contributed by atoms with E-state index in [-0.39, 0.29) is 11.5 Å². The molecule has 1 saturated heterocycles. The Bertz CT molecular complexity index is 1210. The van der Waals surface area contributed by atoms with E-state index in [1.807, 2.05) is 6.07 Å². The molecule has 0 saturated carbocycles.